The first-order valence-corrected chi connectivity index (χ1v) is 10.1. The fraction of sp³-hybridized carbons (Fsp3) is 0.353. The molecular weight excluding hydrogens is 356 g/mol. The van der Waals surface area contributed by atoms with Crippen LogP contribution in [0.1, 0.15) is 28.2 Å². The van der Waals surface area contributed by atoms with Gasteiger partial charge in [-0.1, -0.05) is 0 Å². The van der Waals surface area contributed by atoms with Gasteiger partial charge >= 0.3 is 0 Å². The second-order valence-corrected chi connectivity index (χ2v) is 8.47. The van der Waals surface area contributed by atoms with Crippen LogP contribution in [-0.2, 0) is 27.7 Å². The highest BCUT2D eigenvalue weighted by molar-refractivity contribution is 7.91. The van der Waals surface area contributed by atoms with Gasteiger partial charge < -0.3 is 15.6 Å². The zero-order chi connectivity index (χ0) is 18.6. The lowest BCUT2D eigenvalue weighted by Crippen LogP contribution is -2.31. The average molecular weight is 376 g/mol. The van der Waals surface area contributed by atoms with E-state index in [0.29, 0.717) is 17.8 Å². The van der Waals surface area contributed by atoms with Crippen molar-refractivity contribution in [3.63, 3.8) is 0 Å². The Bertz CT molecular complexity index is 893. The molecule has 8 nitrogen and oxygen atoms in total. The minimum atomic E-state index is -3.08. The predicted molar refractivity (Wildman–Crippen MR) is 94.8 cm³/mol. The fourth-order valence-corrected chi connectivity index (χ4v) is 4.55. The molecule has 1 unspecified atom stereocenters. The smallest absolute Gasteiger partial charge is 0.268 e. The van der Waals surface area contributed by atoms with Crippen LogP contribution < -0.4 is 10.6 Å². The molecule has 0 spiro atoms. The maximum atomic E-state index is 12.1. The summed E-state index contributed by atoms with van der Waals surface area (Å²) in [6, 6.07) is 6.98. The van der Waals surface area contributed by atoms with Gasteiger partial charge in [0.2, 0.25) is 5.91 Å². The monoisotopic (exact) mass is 376 g/mol. The maximum Gasteiger partial charge on any atom is 0.268 e. The largest absolute Gasteiger partial charge is 0.357 e. The van der Waals surface area contributed by atoms with E-state index in [1.165, 1.54) is 0 Å². The van der Waals surface area contributed by atoms with Crippen molar-refractivity contribution in [2.45, 2.75) is 19.5 Å². The van der Waals surface area contributed by atoms with Crippen molar-refractivity contribution in [2.24, 2.45) is 5.92 Å². The Hall–Kier alpha value is -2.68. The quantitative estimate of drug-likeness (QED) is 0.673. The number of nitrogens with one attached hydrogen (secondary N) is 3. The highest BCUT2D eigenvalue weighted by Crippen LogP contribution is 2.18. The first-order valence-electron chi connectivity index (χ1n) is 8.26. The number of carbonyl (C=O) groups excluding carboxylic acids is 2. The van der Waals surface area contributed by atoms with Gasteiger partial charge in [-0.25, -0.2) is 8.42 Å². The third-order valence-corrected chi connectivity index (χ3v) is 5.99. The van der Waals surface area contributed by atoms with Gasteiger partial charge in [-0.2, -0.15) is 0 Å². The molecule has 0 bridgehead atoms. The van der Waals surface area contributed by atoms with Crippen LogP contribution in [0.2, 0.25) is 0 Å². The summed E-state index contributed by atoms with van der Waals surface area (Å²) in [6.45, 7) is 0.552. The summed E-state index contributed by atoms with van der Waals surface area (Å²) in [4.78, 5) is 31.0. The van der Waals surface area contributed by atoms with Crippen molar-refractivity contribution in [2.75, 3.05) is 11.5 Å². The number of pyridine rings is 1. The number of aromatic amines is 1. The molecule has 0 aliphatic carbocycles. The summed E-state index contributed by atoms with van der Waals surface area (Å²) >= 11 is 0. The van der Waals surface area contributed by atoms with E-state index in [9.17, 15) is 18.0 Å². The Balaban J connectivity index is 1.51. The fourth-order valence-electron chi connectivity index (χ4n) is 2.81. The first-order chi connectivity index (χ1) is 12.4. The summed E-state index contributed by atoms with van der Waals surface area (Å²) in [7, 11) is -3.08. The lowest BCUT2D eigenvalue weighted by atomic mass is 10.1. The van der Waals surface area contributed by atoms with Crippen LogP contribution in [0, 0.1) is 5.92 Å². The molecule has 0 aromatic carbocycles. The van der Waals surface area contributed by atoms with Gasteiger partial charge in [-0.05, 0) is 36.2 Å². The number of aromatic nitrogens is 2. The molecule has 2 aromatic heterocycles. The topological polar surface area (TPSA) is 121 Å². The van der Waals surface area contributed by atoms with Crippen LogP contribution in [0.15, 0.2) is 36.7 Å². The van der Waals surface area contributed by atoms with Crippen LogP contribution in [-0.4, -0.2) is 41.7 Å². The summed E-state index contributed by atoms with van der Waals surface area (Å²) in [5.41, 5.74) is 1.97. The van der Waals surface area contributed by atoms with E-state index >= 15 is 0 Å². The Morgan fingerprint density at radius 2 is 2.08 bits per heavy atom. The molecule has 3 N–H and O–H groups in total. The van der Waals surface area contributed by atoms with Gasteiger partial charge in [-0.15, -0.1) is 0 Å². The van der Waals surface area contributed by atoms with Gasteiger partial charge in [0.25, 0.3) is 5.91 Å². The highest BCUT2D eigenvalue weighted by atomic mass is 32.2. The van der Waals surface area contributed by atoms with Crippen molar-refractivity contribution in [3.8, 4) is 0 Å². The Morgan fingerprint density at radius 1 is 1.23 bits per heavy atom. The van der Waals surface area contributed by atoms with Crippen molar-refractivity contribution in [3.05, 3.63) is 53.6 Å². The number of H-pyrrole nitrogens is 1. The van der Waals surface area contributed by atoms with E-state index in [2.05, 4.69) is 20.6 Å². The van der Waals surface area contributed by atoms with Crippen LogP contribution in [0.5, 0.6) is 0 Å². The molecule has 2 aromatic rings. The van der Waals surface area contributed by atoms with E-state index in [1.807, 2.05) is 0 Å². The van der Waals surface area contributed by atoms with Crippen LogP contribution in [0.3, 0.4) is 0 Å². The minimum absolute atomic E-state index is 0.0744. The molecular formula is C17H20N4O4S. The van der Waals surface area contributed by atoms with E-state index in [0.717, 1.165) is 5.56 Å². The van der Waals surface area contributed by atoms with Crippen molar-refractivity contribution < 1.29 is 18.0 Å². The zero-order valence-electron chi connectivity index (χ0n) is 14.1. The van der Waals surface area contributed by atoms with Crippen molar-refractivity contribution in [1.29, 1.82) is 0 Å². The molecule has 26 heavy (non-hydrogen) atoms. The van der Waals surface area contributed by atoms with Crippen LogP contribution in [0.4, 0.5) is 0 Å². The van der Waals surface area contributed by atoms with Crippen LogP contribution in [0.25, 0.3) is 0 Å². The molecule has 0 saturated carbocycles. The number of nitrogens with zero attached hydrogens (tertiary/aromatic N) is 1. The second-order valence-electron chi connectivity index (χ2n) is 6.24. The van der Waals surface area contributed by atoms with Crippen LogP contribution >= 0.6 is 0 Å². The van der Waals surface area contributed by atoms with Gasteiger partial charge in [-0.3, -0.25) is 14.6 Å². The lowest BCUT2D eigenvalue weighted by molar-refractivity contribution is -0.124. The van der Waals surface area contributed by atoms with E-state index < -0.39 is 15.8 Å². The molecule has 1 atom stereocenters. The molecule has 2 amide bonds. The highest BCUT2D eigenvalue weighted by Gasteiger charge is 2.32. The molecule has 3 rings (SSSR count). The molecule has 138 valence electrons. The molecule has 0 radical (unpaired) electrons. The van der Waals surface area contributed by atoms with E-state index in [1.54, 1.807) is 36.7 Å². The average Bonchev–Trinajstić information content (AvgIpc) is 3.27. The molecule has 1 aliphatic heterocycles. The molecule has 9 heteroatoms. The zero-order valence-corrected chi connectivity index (χ0v) is 14.9. The number of hydrogen-bond donors (Lipinski definition) is 3. The third-order valence-electron chi connectivity index (χ3n) is 4.22. The normalized spacial score (nSPS) is 18.4. The first kappa shape index (κ1) is 18.1. The lowest BCUT2D eigenvalue weighted by Gasteiger charge is -2.10. The minimum Gasteiger partial charge on any atom is -0.357 e. The number of sulfone groups is 1. The Kier molecular flexibility index (Phi) is 5.36. The van der Waals surface area contributed by atoms with Gasteiger partial charge in [0.1, 0.15) is 5.69 Å². The van der Waals surface area contributed by atoms with Gasteiger partial charge in [0.05, 0.1) is 29.7 Å². The predicted octanol–water partition coefficient (Wildman–Crippen LogP) is 0.391. The summed E-state index contributed by atoms with van der Waals surface area (Å²) in [5, 5.41) is 5.53. The van der Waals surface area contributed by atoms with Gasteiger partial charge in [0, 0.05) is 18.9 Å². The molecule has 1 fully saturated rings. The van der Waals surface area contributed by atoms with Crippen molar-refractivity contribution >= 4 is 21.7 Å². The van der Waals surface area contributed by atoms with Crippen molar-refractivity contribution in [1.82, 2.24) is 20.6 Å². The number of amides is 2. The molecule has 1 saturated heterocycles. The van der Waals surface area contributed by atoms with E-state index in [-0.39, 0.29) is 36.4 Å². The number of carbonyl (C=O) groups is 2. The summed E-state index contributed by atoms with van der Waals surface area (Å²) in [6.07, 6.45) is 3.66. The number of hydrogen-bond acceptors (Lipinski definition) is 5. The molecule has 1 aliphatic rings. The third kappa shape index (κ3) is 4.69. The Labute approximate surface area is 151 Å². The standard InChI is InChI=1S/C17H20N4O4S/c22-16(13-4-7-26(24,25)11-13)20-9-12-3-6-18-14(8-12)10-21-17(23)15-2-1-5-19-15/h1-3,5-6,8,13,19H,4,7,9-11H2,(H,20,22)(H,21,23). The summed E-state index contributed by atoms with van der Waals surface area (Å²) < 4.78 is 22.9. The summed E-state index contributed by atoms with van der Waals surface area (Å²) in [5.74, 6) is -0.945. The van der Waals surface area contributed by atoms with Gasteiger partial charge in [0.15, 0.2) is 9.84 Å². The SMILES string of the molecule is O=C(NCc1cc(CNC(=O)C2CCS(=O)(=O)C2)ccn1)c1ccc[nH]1. The maximum absolute atomic E-state index is 12.1. The Morgan fingerprint density at radius 3 is 2.77 bits per heavy atom. The van der Waals surface area contributed by atoms with E-state index in [4.69, 9.17) is 0 Å². The molecule has 3 heterocycles. The second kappa shape index (κ2) is 7.69. The number of rotatable bonds is 6.